The van der Waals surface area contributed by atoms with Gasteiger partial charge in [-0.1, -0.05) is 60.7 Å². The zero-order valence-corrected chi connectivity index (χ0v) is 11.3. The van der Waals surface area contributed by atoms with Gasteiger partial charge in [-0.3, -0.25) is 0 Å². The first-order valence-corrected chi connectivity index (χ1v) is 7.67. The molecular weight excluding hydrogens is 236 g/mol. The van der Waals surface area contributed by atoms with Crippen molar-refractivity contribution in [2.75, 3.05) is 11.5 Å². The Morgan fingerprint density at radius 2 is 1.17 bits per heavy atom. The average Bonchev–Trinajstić information content (AvgIpc) is 2.39. The van der Waals surface area contributed by atoms with E-state index in [9.17, 15) is 0 Å². The highest BCUT2D eigenvalue weighted by atomic mass is 32.2. The van der Waals surface area contributed by atoms with Crippen molar-refractivity contribution < 1.29 is 0 Å². The number of hydrogen-bond donors (Lipinski definition) is 0. The molecule has 18 heavy (non-hydrogen) atoms. The normalized spacial score (nSPS) is 17.1. The molecule has 0 amide bonds. The fourth-order valence-corrected chi connectivity index (χ4v) is 3.90. The molecule has 0 unspecified atom stereocenters. The van der Waals surface area contributed by atoms with E-state index in [1.165, 1.54) is 35.5 Å². The minimum absolute atomic E-state index is 0.493. The Kier molecular flexibility index (Phi) is 3.42. The smallest absolute Gasteiger partial charge is 0.000371 e. The summed E-state index contributed by atoms with van der Waals surface area (Å²) in [6, 6.07) is 21.8. The summed E-state index contributed by atoms with van der Waals surface area (Å²) in [6.07, 6.45) is 2.44. The van der Waals surface area contributed by atoms with E-state index in [1.54, 1.807) is 0 Å². The summed E-state index contributed by atoms with van der Waals surface area (Å²) in [5.74, 6) is 2.60. The number of rotatable bonds is 4. The van der Waals surface area contributed by atoms with Gasteiger partial charge in [0.25, 0.3) is 0 Å². The second kappa shape index (κ2) is 5.19. The van der Waals surface area contributed by atoms with E-state index in [4.69, 9.17) is 0 Å². The number of hydrogen-bond acceptors (Lipinski definition) is 1. The average molecular weight is 254 g/mol. The molecule has 1 fully saturated rings. The highest BCUT2D eigenvalue weighted by Gasteiger charge is 2.37. The molecular formula is C17H18S. The topological polar surface area (TPSA) is 0 Å². The third-order valence-electron chi connectivity index (χ3n) is 3.66. The molecule has 1 heterocycles. The quantitative estimate of drug-likeness (QED) is 0.788. The van der Waals surface area contributed by atoms with Crippen molar-refractivity contribution >= 4 is 11.8 Å². The molecule has 3 rings (SSSR count). The first-order chi connectivity index (χ1) is 8.86. The van der Waals surface area contributed by atoms with Crippen molar-refractivity contribution in [1.82, 2.24) is 0 Å². The summed E-state index contributed by atoms with van der Waals surface area (Å²) < 4.78 is 0. The van der Waals surface area contributed by atoms with Gasteiger partial charge in [0, 0.05) is 11.5 Å². The lowest BCUT2D eigenvalue weighted by atomic mass is 9.79. The lowest BCUT2D eigenvalue weighted by molar-refractivity contribution is 0.355. The zero-order chi connectivity index (χ0) is 12.3. The molecule has 1 aliphatic heterocycles. The van der Waals surface area contributed by atoms with Crippen molar-refractivity contribution in [2.45, 2.75) is 12.8 Å². The van der Waals surface area contributed by atoms with Crippen LogP contribution >= 0.6 is 11.8 Å². The second-order valence-electron chi connectivity index (χ2n) is 5.32. The molecule has 0 radical (unpaired) electrons. The van der Waals surface area contributed by atoms with Crippen LogP contribution in [0.5, 0.6) is 0 Å². The van der Waals surface area contributed by atoms with Crippen LogP contribution in [0.2, 0.25) is 0 Å². The first kappa shape index (κ1) is 11.9. The van der Waals surface area contributed by atoms with Crippen LogP contribution in [0, 0.1) is 5.41 Å². The Morgan fingerprint density at radius 1 is 0.722 bits per heavy atom. The molecule has 2 aromatic carbocycles. The molecule has 0 bridgehead atoms. The molecule has 1 saturated heterocycles. The van der Waals surface area contributed by atoms with Crippen LogP contribution in [-0.2, 0) is 12.8 Å². The molecule has 0 saturated carbocycles. The monoisotopic (exact) mass is 254 g/mol. The highest BCUT2D eigenvalue weighted by molar-refractivity contribution is 8.00. The maximum absolute atomic E-state index is 2.26. The van der Waals surface area contributed by atoms with Gasteiger partial charge in [0.15, 0.2) is 0 Å². The largest absolute Gasteiger partial charge is 0.161 e. The summed E-state index contributed by atoms with van der Waals surface area (Å²) in [5, 5.41) is 0. The van der Waals surface area contributed by atoms with E-state index in [2.05, 4.69) is 72.4 Å². The van der Waals surface area contributed by atoms with Crippen molar-refractivity contribution in [3.63, 3.8) is 0 Å². The van der Waals surface area contributed by atoms with Crippen molar-refractivity contribution in [3.8, 4) is 0 Å². The standard InChI is InChI=1S/C17H18S/c1-3-7-15(8-4-1)11-17(13-18-14-17)12-16-9-5-2-6-10-16/h1-10H,11-14H2. The number of benzene rings is 2. The van der Waals surface area contributed by atoms with E-state index >= 15 is 0 Å². The highest BCUT2D eigenvalue weighted by Crippen LogP contribution is 2.43. The maximum Gasteiger partial charge on any atom is 0.000371 e. The second-order valence-corrected chi connectivity index (χ2v) is 6.30. The SMILES string of the molecule is c1ccc(CC2(Cc3ccccc3)CSC2)cc1. The zero-order valence-electron chi connectivity index (χ0n) is 10.5. The molecule has 0 spiro atoms. The van der Waals surface area contributed by atoms with E-state index in [0.29, 0.717) is 5.41 Å². The molecule has 0 nitrogen and oxygen atoms in total. The Morgan fingerprint density at radius 3 is 1.50 bits per heavy atom. The van der Waals surface area contributed by atoms with Gasteiger partial charge in [0.05, 0.1) is 0 Å². The summed E-state index contributed by atoms with van der Waals surface area (Å²) in [5.41, 5.74) is 3.45. The van der Waals surface area contributed by atoms with Gasteiger partial charge >= 0.3 is 0 Å². The third kappa shape index (κ3) is 2.62. The summed E-state index contributed by atoms with van der Waals surface area (Å²) in [6.45, 7) is 0. The Hall–Kier alpha value is -1.21. The van der Waals surface area contributed by atoms with Crippen LogP contribution in [-0.4, -0.2) is 11.5 Å². The van der Waals surface area contributed by atoms with Crippen LogP contribution in [0.1, 0.15) is 11.1 Å². The summed E-state index contributed by atoms with van der Waals surface area (Å²) >= 11 is 2.08. The maximum atomic E-state index is 2.26. The van der Waals surface area contributed by atoms with E-state index in [-0.39, 0.29) is 0 Å². The molecule has 0 aromatic heterocycles. The fourth-order valence-electron chi connectivity index (χ4n) is 2.72. The van der Waals surface area contributed by atoms with Gasteiger partial charge in [-0.05, 0) is 29.4 Å². The van der Waals surface area contributed by atoms with Gasteiger partial charge in [-0.2, -0.15) is 11.8 Å². The summed E-state index contributed by atoms with van der Waals surface area (Å²) in [4.78, 5) is 0. The lowest BCUT2D eigenvalue weighted by Crippen LogP contribution is -2.39. The van der Waals surface area contributed by atoms with E-state index < -0.39 is 0 Å². The van der Waals surface area contributed by atoms with Gasteiger partial charge in [0.2, 0.25) is 0 Å². The van der Waals surface area contributed by atoms with Gasteiger partial charge in [-0.25, -0.2) is 0 Å². The van der Waals surface area contributed by atoms with Gasteiger partial charge in [0.1, 0.15) is 0 Å². The molecule has 0 atom stereocenters. The molecule has 2 aromatic rings. The Labute approximate surface area is 113 Å². The van der Waals surface area contributed by atoms with E-state index in [0.717, 1.165) is 0 Å². The predicted octanol–water partition coefficient (Wildman–Crippen LogP) is 4.21. The molecule has 92 valence electrons. The first-order valence-electron chi connectivity index (χ1n) is 6.52. The molecule has 0 aliphatic carbocycles. The van der Waals surface area contributed by atoms with Crippen molar-refractivity contribution in [1.29, 1.82) is 0 Å². The summed E-state index contributed by atoms with van der Waals surface area (Å²) in [7, 11) is 0. The van der Waals surface area contributed by atoms with Crippen molar-refractivity contribution in [3.05, 3.63) is 71.8 Å². The van der Waals surface area contributed by atoms with Crippen LogP contribution in [0.15, 0.2) is 60.7 Å². The fraction of sp³-hybridized carbons (Fsp3) is 0.294. The third-order valence-corrected chi connectivity index (χ3v) is 5.29. The Bertz CT molecular complexity index is 442. The minimum atomic E-state index is 0.493. The van der Waals surface area contributed by atoms with Crippen molar-refractivity contribution in [2.24, 2.45) is 5.41 Å². The molecule has 0 N–H and O–H groups in total. The van der Waals surface area contributed by atoms with Crippen LogP contribution in [0.3, 0.4) is 0 Å². The van der Waals surface area contributed by atoms with Gasteiger partial charge < -0.3 is 0 Å². The Balaban J connectivity index is 1.75. The van der Waals surface area contributed by atoms with E-state index in [1.807, 2.05) is 0 Å². The number of thioether (sulfide) groups is 1. The molecule has 1 aliphatic rings. The van der Waals surface area contributed by atoms with Crippen LogP contribution in [0.4, 0.5) is 0 Å². The molecule has 1 heteroatoms. The van der Waals surface area contributed by atoms with Crippen LogP contribution in [0.25, 0.3) is 0 Å². The lowest BCUT2D eigenvalue weighted by Gasteiger charge is -2.42. The van der Waals surface area contributed by atoms with Gasteiger partial charge in [-0.15, -0.1) is 0 Å². The van der Waals surface area contributed by atoms with Crippen LogP contribution < -0.4 is 0 Å². The predicted molar refractivity (Wildman–Crippen MR) is 80.1 cm³/mol. The minimum Gasteiger partial charge on any atom is -0.161 e.